The van der Waals surface area contributed by atoms with Gasteiger partial charge in [0.15, 0.2) is 0 Å². The number of nitro benzene ring substituents is 1. The van der Waals surface area contributed by atoms with Crippen LogP contribution in [-0.4, -0.2) is 34.9 Å². The van der Waals surface area contributed by atoms with E-state index in [-0.39, 0.29) is 40.4 Å². The van der Waals surface area contributed by atoms with Gasteiger partial charge in [0.05, 0.1) is 4.92 Å². The molecule has 1 aromatic heterocycles. The smallest absolute Gasteiger partial charge is 0.273 e. The van der Waals surface area contributed by atoms with E-state index in [0.717, 1.165) is 37.9 Å². The molecular formula is C21H26ClN3O3S. The summed E-state index contributed by atoms with van der Waals surface area (Å²) in [6.45, 7) is 4.44. The van der Waals surface area contributed by atoms with E-state index in [9.17, 15) is 14.9 Å². The van der Waals surface area contributed by atoms with Crippen LogP contribution in [0.1, 0.15) is 47.7 Å². The van der Waals surface area contributed by atoms with Crippen LogP contribution >= 0.6 is 23.7 Å². The fraction of sp³-hybridized carbons (Fsp3) is 0.476. The molecule has 6 nitrogen and oxygen atoms in total. The second-order valence-electron chi connectivity index (χ2n) is 7.85. The monoisotopic (exact) mass is 435 g/mol. The highest BCUT2D eigenvalue weighted by molar-refractivity contribution is 7.07. The summed E-state index contributed by atoms with van der Waals surface area (Å²) in [4.78, 5) is 26.5. The third kappa shape index (κ3) is 4.32. The molecule has 2 aliphatic rings. The SMILES string of the molecule is CCc1ccc(C(=O)N(Cc2ccsc2)C2CC23CCNCC3)cc1[N+](=O)[O-].Cl. The van der Waals surface area contributed by atoms with E-state index < -0.39 is 0 Å². The van der Waals surface area contributed by atoms with Crippen molar-refractivity contribution in [1.82, 2.24) is 10.2 Å². The summed E-state index contributed by atoms with van der Waals surface area (Å²) in [5.74, 6) is -0.0997. The van der Waals surface area contributed by atoms with Gasteiger partial charge in [0, 0.05) is 29.8 Å². The van der Waals surface area contributed by atoms with Gasteiger partial charge in [0.2, 0.25) is 0 Å². The first-order valence-electron chi connectivity index (χ1n) is 9.84. The fourth-order valence-corrected chi connectivity index (χ4v) is 5.12. The predicted molar refractivity (Wildman–Crippen MR) is 117 cm³/mol. The number of nitro groups is 1. The van der Waals surface area contributed by atoms with E-state index >= 15 is 0 Å². The van der Waals surface area contributed by atoms with Crippen molar-refractivity contribution in [2.75, 3.05) is 13.1 Å². The van der Waals surface area contributed by atoms with Crippen molar-refractivity contribution < 1.29 is 9.72 Å². The lowest BCUT2D eigenvalue weighted by atomic mass is 9.93. The van der Waals surface area contributed by atoms with Crippen LogP contribution in [-0.2, 0) is 13.0 Å². The topological polar surface area (TPSA) is 75.5 Å². The summed E-state index contributed by atoms with van der Waals surface area (Å²) in [6, 6.07) is 7.18. The van der Waals surface area contributed by atoms with Crippen LogP contribution in [0, 0.1) is 15.5 Å². The number of carbonyl (C=O) groups excluding carboxylic acids is 1. The Morgan fingerprint density at radius 3 is 2.72 bits per heavy atom. The third-order valence-electron chi connectivity index (χ3n) is 6.23. The summed E-state index contributed by atoms with van der Waals surface area (Å²) in [5.41, 5.74) is 2.44. The Morgan fingerprint density at radius 2 is 2.10 bits per heavy atom. The zero-order valence-corrected chi connectivity index (χ0v) is 18.1. The summed E-state index contributed by atoms with van der Waals surface area (Å²) in [5, 5.41) is 18.9. The lowest BCUT2D eigenvalue weighted by molar-refractivity contribution is -0.385. The maximum absolute atomic E-state index is 13.4. The van der Waals surface area contributed by atoms with Crippen molar-refractivity contribution in [3.63, 3.8) is 0 Å². The Bertz CT molecular complexity index is 881. The van der Waals surface area contributed by atoms with Crippen LogP contribution in [0.5, 0.6) is 0 Å². The highest BCUT2D eigenvalue weighted by atomic mass is 35.5. The van der Waals surface area contributed by atoms with Gasteiger partial charge in [-0.1, -0.05) is 13.0 Å². The van der Waals surface area contributed by atoms with Crippen LogP contribution in [0.2, 0.25) is 0 Å². The summed E-state index contributed by atoms with van der Waals surface area (Å²) in [6.07, 6.45) is 3.77. The van der Waals surface area contributed by atoms with E-state index in [2.05, 4.69) is 10.7 Å². The summed E-state index contributed by atoms with van der Waals surface area (Å²) >= 11 is 1.62. The molecule has 1 saturated heterocycles. The largest absolute Gasteiger partial charge is 0.331 e. The normalized spacial score (nSPS) is 19.4. The molecule has 1 aliphatic carbocycles. The van der Waals surface area contributed by atoms with Gasteiger partial charge in [-0.05, 0) is 72.6 Å². The second kappa shape index (κ2) is 8.81. The minimum Gasteiger partial charge on any atom is -0.331 e. The van der Waals surface area contributed by atoms with Crippen molar-refractivity contribution in [3.05, 3.63) is 61.8 Å². The molecule has 8 heteroatoms. The zero-order valence-electron chi connectivity index (χ0n) is 16.4. The van der Waals surface area contributed by atoms with Gasteiger partial charge >= 0.3 is 0 Å². The first-order chi connectivity index (χ1) is 13.5. The molecule has 29 heavy (non-hydrogen) atoms. The number of rotatable bonds is 6. The van der Waals surface area contributed by atoms with E-state index in [1.54, 1.807) is 23.5 Å². The van der Waals surface area contributed by atoms with Gasteiger partial charge < -0.3 is 10.2 Å². The average Bonchev–Trinajstić information content (AvgIpc) is 3.14. The number of benzene rings is 1. The Balaban J connectivity index is 0.00000240. The Morgan fingerprint density at radius 1 is 1.34 bits per heavy atom. The van der Waals surface area contributed by atoms with E-state index in [0.29, 0.717) is 24.1 Å². The number of nitrogens with zero attached hydrogens (tertiary/aromatic N) is 2. The minimum atomic E-state index is -0.385. The quantitative estimate of drug-likeness (QED) is 0.538. The summed E-state index contributed by atoms with van der Waals surface area (Å²) in [7, 11) is 0. The average molecular weight is 436 g/mol. The number of carbonyl (C=O) groups is 1. The van der Waals surface area contributed by atoms with E-state index in [4.69, 9.17) is 0 Å². The Labute approximate surface area is 180 Å². The summed E-state index contributed by atoms with van der Waals surface area (Å²) < 4.78 is 0. The number of hydrogen-bond acceptors (Lipinski definition) is 5. The molecule has 1 atom stereocenters. The second-order valence-corrected chi connectivity index (χ2v) is 8.63. The molecule has 2 heterocycles. The Kier molecular flexibility index (Phi) is 6.61. The zero-order chi connectivity index (χ0) is 19.7. The molecule has 1 spiro atoms. The van der Waals surface area contributed by atoms with Gasteiger partial charge in [0.25, 0.3) is 11.6 Å². The molecule has 2 fully saturated rings. The maximum Gasteiger partial charge on any atom is 0.273 e. The number of piperidine rings is 1. The number of thiophene rings is 1. The molecule has 0 bridgehead atoms. The molecule has 156 valence electrons. The van der Waals surface area contributed by atoms with Crippen molar-refractivity contribution >= 4 is 35.3 Å². The van der Waals surface area contributed by atoms with Gasteiger partial charge in [-0.15, -0.1) is 12.4 Å². The molecule has 1 saturated carbocycles. The van der Waals surface area contributed by atoms with Crippen LogP contribution in [0.25, 0.3) is 0 Å². The van der Waals surface area contributed by atoms with Gasteiger partial charge in [0.1, 0.15) is 0 Å². The molecule has 1 amide bonds. The van der Waals surface area contributed by atoms with Crippen LogP contribution in [0.15, 0.2) is 35.0 Å². The van der Waals surface area contributed by atoms with Gasteiger partial charge in [-0.2, -0.15) is 11.3 Å². The lowest BCUT2D eigenvalue weighted by Crippen LogP contribution is -2.39. The van der Waals surface area contributed by atoms with E-state index in [1.807, 2.05) is 23.3 Å². The molecule has 1 N–H and O–H groups in total. The molecule has 0 radical (unpaired) electrons. The molecule has 4 rings (SSSR count). The number of amides is 1. The molecule has 1 aromatic carbocycles. The highest BCUT2D eigenvalue weighted by Crippen LogP contribution is 2.56. The van der Waals surface area contributed by atoms with Gasteiger partial charge in [-0.25, -0.2) is 0 Å². The van der Waals surface area contributed by atoms with Gasteiger partial charge in [-0.3, -0.25) is 14.9 Å². The Hall–Kier alpha value is -1.96. The van der Waals surface area contributed by atoms with E-state index in [1.165, 1.54) is 6.07 Å². The standard InChI is InChI=1S/C21H25N3O3S.ClH/c1-2-16-3-4-17(11-18(16)24(26)27)20(25)23(13-15-5-10-28-14-15)19-12-21(19)6-8-22-9-7-21;/h3-5,10-11,14,19,22H,2,6-9,12-13H2,1H3;1H. The van der Waals surface area contributed by atoms with Crippen LogP contribution in [0.4, 0.5) is 5.69 Å². The number of halogens is 1. The van der Waals surface area contributed by atoms with Crippen molar-refractivity contribution in [3.8, 4) is 0 Å². The highest BCUT2D eigenvalue weighted by Gasteiger charge is 2.57. The maximum atomic E-state index is 13.4. The molecule has 1 unspecified atom stereocenters. The minimum absolute atomic E-state index is 0. The third-order valence-corrected chi connectivity index (χ3v) is 6.96. The first-order valence-corrected chi connectivity index (χ1v) is 10.8. The molecule has 2 aromatic rings. The van der Waals surface area contributed by atoms with Crippen LogP contribution in [0.3, 0.4) is 0 Å². The number of nitrogens with one attached hydrogen (secondary N) is 1. The van der Waals surface area contributed by atoms with Crippen molar-refractivity contribution in [1.29, 1.82) is 0 Å². The predicted octanol–water partition coefficient (Wildman–Crippen LogP) is 4.43. The fourth-order valence-electron chi connectivity index (χ4n) is 4.46. The van der Waals surface area contributed by atoms with Crippen LogP contribution < -0.4 is 5.32 Å². The number of aryl methyl sites for hydroxylation is 1. The lowest BCUT2D eigenvalue weighted by Gasteiger charge is -2.29. The molecule has 1 aliphatic heterocycles. The van der Waals surface area contributed by atoms with Crippen molar-refractivity contribution in [2.45, 2.75) is 45.2 Å². The molecular weight excluding hydrogens is 410 g/mol. The van der Waals surface area contributed by atoms with Crippen molar-refractivity contribution in [2.24, 2.45) is 5.41 Å². The number of hydrogen-bond donors (Lipinski definition) is 1. The first kappa shape index (κ1) is 21.7.